The van der Waals surface area contributed by atoms with Crippen LogP contribution < -0.4 is 21.4 Å². The summed E-state index contributed by atoms with van der Waals surface area (Å²) in [4.78, 5) is 69.4. The van der Waals surface area contributed by atoms with Gasteiger partial charge >= 0.3 is 5.97 Å². The summed E-state index contributed by atoms with van der Waals surface area (Å²) in [5, 5.41) is 10.4. The molecule has 274 valence electrons. The van der Waals surface area contributed by atoms with Gasteiger partial charge in [0.1, 0.15) is 18.2 Å². The molecule has 0 radical (unpaired) electrons. The van der Waals surface area contributed by atoms with Crippen molar-refractivity contribution in [1.29, 1.82) is 0 Å². The van der Waals surface area contributed by atoms with Gasteiger partial charge in [0.2, 0.25) is 17.7 Å². The van der Waals surface area contributed by atoms with Crippen LogP contribution in [0.3, 0.4) is 0 Å². The zero-order valence-corrected chi connectivity index (χ0v) is 30.4. The third-order valence-corrected chi connectivity index (χ3v) is 8.92. The molecule has 1 aliphatic rings. The van der Waals surface area contributed by atoms with Crippen LogP contribution in [0.2, 0.25) is 0 Å². The Bertz CT molecular complexity index is 1380. The summed E-state index contributed by atoms with van der Waals surface area (Å²) in [6.07, 6.45) is 7.90. The van der Waals surface area contributed by atoms with Crippen molar-refractivity contribution in [2.75, 3.05) is 13.1 Å². The minimum atomic E-state index is -0.921. The molecule has 0 spiro atoms. The molecule has 12 nitrogen and oxygen atoms in total. The SMILES string of the molecule is CC(=O)N[C@H](C(=O)N[C@@H](Cc1ccccc1)[C@H](CN(CC1CCCCC1)NC(=O)[C@@H](NC(C)=O)C(C)C)OC(=O)Cc1cccnc1)C(C)C. The average molecular weight is 693 g/mol. The lowest BCUT2D eigenvalue weighted by Gasteiger charge is -2.37. The Kier molecular flexibility index (Phi) is 16.3. The highest BCUT2D eigenvalue weighted by atomic mass is 16.5. The highest BCUT2D eigenvalue weighted by Gasteiger charge is 2.35. The lowest BCUT2D eigenvalue weighted by Crippen LogP contribution is -2.60. The van der Waals surface area contributed by atoms with Gasteiger partial charge in [-0.1, -0.05) is 83.4 Å². The van der Waals surface area contributed by atoms with Crippen molar-refractivity contribution >= 4 is 29.6 Å². The molecule has 1 saturated carbocycles. The number of amides is 4. The van der Waals surface area contributed by atoms with Gasteiger partial charge in [0.25, 0.3) is 5.91 Å². The first-order valence-electron chi connectivity index (χ1n) is 17.8. The Balaban J connectivity index is 2.03. The summed E-state index contributed by atoms with van der Waals surface area (Å²) in [6, 6.07) is 10.8. The van der Waals surface area contributed by atoms with Crippen molar-refractivity contribution < 1.29 is 28.7 Å². The molecule has 4 N–H and O–H groups in total. The zero-order valence-electron chi connectivity index (χ0n) is 30.4. The maximum Gasteiger partial charge on any atom is 0.310 e. The molecule has 4 amide bonds. The summed E-state index contributed by atoms with van der Waals surface area (Å²) in [6.45, 7) is 10.7. The monoisotopic (exact) mass is 692 g/mol. The number of hydrogen-bond donors (Lipinski definition) is 4. The molecular weight excluding hydrogens is 636 g/mol. The first-order valence-corrected chi connectivity index (χ1v) is 17.8. The second kappa shape index (κ2) is 20.4. The number of carbonyl (C=O) groups is 5. The Labute approximate surface area is 296 Å². The van der Waals surface area contributed by atoms with Crippen molar-refractivity contribution in [3.05, 3.63) is 66.0 Å². The molecule has 4 atom stereocenters. The first kappa shape index (κ1) is 40.1. The van der Waals surface area contributed by atoms with Crippen molar-refractivity contribution in [1.82, 2.24) is 31.4 Å². The fourth-order valence-corrected chi connectivity index (χ4v) is 6.34. The largest absolute Gasteiger partial charge is 0.458 e. The number of hydrogen-bond acceptors (Lipinski definition) is 8. The number of rotatable bonds is 18. The van der Waals surface area contributed by atoms with Crippen LogP contribution in [0.5, 0.6) is 0 Å². The third kappa shape index (κ3) is 13.9. The van der Waals surface area contributed by atoms with Crippen LogP contribution in [-0.2, 0) is 41.6 Å². The van der Waals surface area contributed by atoms with E-state index in [1.807, 2.05) is 58.0 Å². The van der Waals surface area contributed by atoms with Gasteiger partial charge in [0.05, 0.1) is 19.0 Å². The van der Waals surface area contributed by atoms with Crippen LogP contribution >= 0.6 is 0 Å². The number of nitrogens with zero attached hydrogens (tertiary/aromatic N) is 2. The van der Waals surface area contributed by atoms with Gasteiger partial charge in [-0.25, -0.2) is 5.01 Å². The summed E-state index contributed by atoms with van der Waals surface area (Å²) in [7, 11) is 0. The predicted octanol–water partition coefficient (Wildman–Crippen LogP) is 3.50. The van der Waals surface area contributed by atoms with Gasteiger partial charge in [-0.15, -0.1) is 0 Å². The summed E-state index contributed by atoms with van der Waals surface area (Å²) < 4.78 is 6.25. The number of ether oxygens (including phenoxy) is 1. The second-order valence-corrected chi connectivity index (χ2v) is 14.1. The van der Waals surface area contributed by atoms with Crippen LogP contribution in [0.15, 0.2) is 54.9 Å². The molecule has 1 fully saturated rings. The van der Waals surface area contributed by atoms with Crippen LogP contribution in [0, 0.1) is 17.8 Å². The van der Waals surface area contributed by atoms with E-state index in [1.165, 1.54) is 13.8 Å². The molecule has 1 heterocycles. The molecule has 3 rings (SSSR count). The van der Waals surface area contributed by atoms with Gasteiger partial charge in [0.15, 0.2) is 0 Å². The Morgan fingerprint density at radius 3 is 1.96 bits per heavy atom. The first-order chi connectivity index (χ1) is 23.8. The number of aromatic nitrogens is 1. The molecule has 0 unspecified atom stereocenters. The number of carbonyl (C=O) groups excluding carboxylic acids is 5. The third-order valence-electron chi connectivity index (χ3n) is 8.92. The van der Waals surface area contributed by atoms with E-state index in [9.17, 15) is 24.0 Å². The molecule has 0 bridgehead atoms. The molecule has 1 aliphatic carbocycles. The van der Waals surface area contributed by atoms with Crippen molar-refractivity contribution in [3.8, 4) is 0 Å². The summed E-state index contributed by atoms with van der Waals surface area (Å²) in [5.74, 6) is -2.05. The Morgan fingerprint density at radius 2 is 1.40 bits per heavy atom. The zero-order chi connectivity index (χ0) is 36.6. The number of benzene rings is 1. The van der Waals surface area contributed by atoms with E-state index in [1.54, 1.807) is 29.5 Å². The van der Waals surface area contributed by atoms with E-state index in [0.717, 1.165) is 37.7 Å². The molecule has 0 saturated heterocycles. The molecule has 12 heteroatoms. The Morgan fingerprint density at radius 1 is 0.800 bits per heavy atom. The lowest BCUT2D eigenvalue weighted by molar-refractivity contribution is -0.153. The van der Waals surface area contributed by atoms with E-state index in [0.29, 0.717) is 24.4 Å². The molecule has 50 heavy (non-hydrogen) atoms. The maximum absolute atomic E-state index is 13.9. The van der Waals surface area contributed by atoms with Crippen molar-refractivity contribution in [3.63, 3.8) is 0 Å². The van der Waals surface area contributed by atoms with E-state index < -0.39 is 36.1 Å². The second-order valence-electron chi connectivity index (χ2n) is 14.1. The fraction of sp³-hybridized carbons (Fsp3) is 0.579. The fourth-order valence-electron chi connectivity index (χ4n) is 6.34. The molecule has 0 aliphatic heterocycles. The molecule has 2 aromatic rings. The number of nitrogens with one attached hydrogen (secondary N) is 4. The normalized spacial score (nSPS) is 15.9. The number of hydrazine groups is 1. The smallest absolute Gasteiger partial charge is 0.310 e. The Hall–Kier alpha value is -4.32. The highest BCUT2D eigenvalue weighted by molar-refractivity contribution is 5.87. The van der Waals surface area contributed by atoms with Gasteiger partial charge in [-0.05, 0) is 54.2 Å². The maximum atomic E-state index is 13.9. The van der Waals surface area contributed by atoms with Crippen LogP contribution in [0.4, 0.5) is 0 Å². The molecule has 1 aromatic carbocycles. The average Bonchev–Trinajstić information content (AvgIpc) is 3.06. The van der Waals surface area contributed by atoms with Gasteiger partial charge < -0.3 is 20.7 Å². The van der Waals surface area contributed by atoms with Crippen LogP contribution in [0.25, 0.3) is 0 Å². The molecular formula is C38H56N6O6. The van der Waals surface area contributed by atoms with Crippen molar-refractivity contribution in [2.24, 2.45) is 17.8 Å². The van der Waals surface area contributed by atoms with Gasteiger partial charge in [-0.2, -0.15) is 0 Å². The van der Waals surface area contributed by atoms with E-state index in [-0.39, 0.29) is 42.5 Å². The highest BCUT2D eigenvalue weighted by Crippen LogP contribution is 2.25. The minimum absolute atomic E-state index is 0.0379. The summed E-state index contributed by atoms with van der Waals surface area (Å²) in [5.41, 5.74) is 4.63. The van der Waals surface area contributed by atoms with Crippen LogP contribution in [0.1, 0.15) is 84.8 Å². The van der Waals surface area contributed by atoms with Crippen LogP contribution in [-0.4, -0.2) is 76.9 Å². The van der Waals surface area contributed by atoms with E-state index in [2.05, 4.69) is 26.4 Å². The minimum Gasteiger partial charge on any atom is -0.458 e. The van der Waals surface area contributed by atoms with Gasteiger partial charge in [0, 0.05) is 32.8 Å². The predicted molar refractivity (Wildman–Crippen MR) is 191 cm³/mol. The lowest BCUT2D eigenvalue weighted by atomic mass is 9.89. The molecule has 1 aromatic heterocycles. The van der Waals surface area contributed by atoms with Crippen molar-refractivity contribution in [2.45, 2.75) is 111 Å². The number of pyridine rings is 1. The van der Waals surface area contributed by atoms with Gasteiger partial charge in [-0.3, -0.25) is 34.4 Å². The standard InChI is InChI=1S/C38H56N6O6/c1-25(2)35(40-27(5)45)37(48)42-32(20-29-14-9-7-10-15-29)33(50-34(47)21-31-18-13-19-39-22-31)24-44(23-30-16-11-8-12-17-30)43-38(49)36(26(3)4)41-28(6)46/h7,9-10,13-15,18-19,22,25-26,30,32-33,35-36H,8,11-12,16-17,20-21,23-24H2,1-6H3,(H,40,45)(H,41,46)(H,42,48)(H,43,49)/t32-,33-,35-,36-/m0/s1. The topological polar surface area (TPSA) is 159 Å². The quantitative estimate of drug-likeness (QED) is 0.137. The van der Waals surface area contributed by atoms with E-state index in [4.69, 9.17) is 4.74 Å². The van der Waals surface area contributed by atoms with E-state index >= 15 is 0 Å². The number of esters is 1. The summed E-state index contributed by atoms with van der Waals surface area (Å²) >= 11 is 0.